The van der Waals surface area contributed by atoms with Gasteiger partial charge in [-0.05, 0) is 31.7 Å². The van der Waals surface area contributed by atoms with Gasteiger partial charge in [0.25, 0.3) is 0 Å². The standard InChI is InChI=1S/C15H20N2O/c1-12(13-7-5-4-6-8-13)9-10-17-14(18)15(2,3)11-16/h4-8,12H,9-10H2,1-3H3,(H,17,18). The number of benzene rings is 1. The maximum atomic E-state index is 11.7. The summed E-state index contributed by atoms with van der Waals surface area (Å²) in [5.74, 6) is 0.196. The van der Waals surface area contributed by atoms with Crippen molar-refractivity contribution >= 4 is 5.91 Å². The molecule has 0 bridgehead atoms. The molecule has 3 nitrogen and oxygen atoms in total. The average molecular weight is 244 g/mol. The molecule has 1 N–H and O–H groups in total. The maximum absolute atomic E-state index is 11.7. The number of hydrogen-bond acceptors (Lipinski definition) is 2. The van der Waals surface area contributed by atoms with Crippen molar-refractivity contribution in [2.45, 2.75) is 33.1 Å². The number of nitrogens with zero attached hydrogens (tertiary/aromatic N) is 1. The largest absolute Gasteiger partial charge is 0.355 e. The van der Waals surface area contributed by atoms with E-state index in [2.05, 4.69) is 24.4 Å². The minimum absolute atomic E-state index is 0.203. The first-order valence-corrected chi connectivity index (χ1v) is 6.22. The molecule has 0 aliphatic carbocycles. The van der Waals surface area contributed by atoms with Crippen LogP contribution in [0.2, 0.25) is 0 Å². The van der Waals surface area contributed by atoms with Crippen molar-refractivity contribution in [3.8, 4) is 6.07 Å². The van der Waals surface area contributed by atoms with Gasteiger partial charge in [0.05, 0.1) is 6.07 Å². The SMILES string of the molecule is CC(CCNC(=O)C(C)(C)C#N)c1ccccc1. The minimum Gasteiger partial charge on any atom is -0.355 e. The molecule has 0 spiro atoms. The second-order valence-corrected chi connectivity index (χ2v) is 5.09. The average Bonchev–Trinajstić information content (AvgIpc) is 2.39. The molecule has 1 aromatic rings. The Kier molecular flexibility index (Phi) is 4.91. The van der Waals surface area contributed by atoms with E-state index in [-0.39, 0.29) is 5.91 Å². The summed E-state index contributed by atoms with van der Waals surface area (Å²) in [5.41, 5.74) is 0.321. The lowest BCUT2D eigenvalue weighted by Gasteiger charge is -2.17. The van der Waals surface area contributed by atoms with Crippen molar-refractivity contribution in [2.75, 3.05) is 6.54 Å². The molecule has 0 heterocycles. The molecular formula is C15H20N2O. The van der Waals surface area contributed by atoms with Gasteiger partial charge in [0, 0.05) is 6.54 Å². The molecule has 1 rings (SSSR count). The van der Waals surface area contributed by atoms with Gasteiger partial charge in [0.1, 0.15) is 5.41 Å². The fraction of sp³-hybridized carbons (Fsp3) is 0.467. The third-order valence-corrected chi connectivity index (χ3v) is 3.08. The van der Waals surface area contributed by atoms with Crippen LogP contribution in [0.15, 0.2) is 30.3 Å². The molecule has 0 fully saturated rings. The van der Waals surface area contributed by atoms with Gasteiger partial charge in [-0.2, -0.15) is 5.26 Å². The first-order chi connectivity index (χ1) is 8.47. The van der Waals surface area contributed by atoms with Crippen molar-refractivity contribution in [1.82, 2.24) is 5.32 Å². The molecule has 96 valence electrons. The molecule has 1 amide bonds. The molecule has 1 unspecified atom stereocenters. The third-order valence-electron chi connectivity index (χ3n) is 3.08. The number of nitriles is 1. The lowest BCUT2D eigenvalue weighted by Crippen LogP contribution is -2.36. The monoisotopic (exact) mass is 244 g/mol. The van der Waals surface area contributed by atoms with E-state index in [0.29, 0.717) is 12.5 Å². The summed E-state index contributed by atoms with van der Waals surface area (Å²) in [7, 11) is 0. The molecule has 1 atom stereocenters. The van der Waals surface area contributed by atoms with Crippen molar-refractivity contribution < 1.29 is 4.79 Å². The zero-order valence-corrected chi connectivity index (χ0v) is 11.2. The summed E-state index contributed by atoms with van der Waals surface area (Å²) in [4.78, 5) is 11.7. The van der Waals surface area contributed by atoms with Crippen LogP contribution in [0, 0.1) is 16.7 Å². The Labute approximate surface area is 109 Å². The Morgan fingerprint density at radius 1 is 1.39 bits per heavy atom. The van der Waals surface area contributed by atoms with E-state index in [9.17, 15) is 4.79 Å². The van der Waals surface area contributed by atoms with Gasteiger partial charge in [0.2, 0.25) is 5.91 Å². The molecular weight excluding hydrogens is 224 g/mol. The van der Waals surface area contributed by atoms with Gasteiger partial charge >= 0.3 is 0 Å². The van der Waals surface area contributed by atoms with Gasteiger partial charge < -0.3 is 5.32 Å². The van der Waals surface area contributed by atoms with Gasteiger partial charge in [0.15, 0.2) is 0 Å². The van der Waals surface area contributed by atoms with E-state index >= 15 is 0 Å². The summed E-state index contributed by atoms with van der Waals surface area (Å²) in [6.07, 6.45) is 0.872. The number of amides is 1. The van der Waals surface area contributed by atoms with Crippen LogP contribution in [0.25, 0.3) is 0 Å². The van der Waals surface area contributed by atoms with E-state index < -0.39 is 5.41 Å². The summed E-state index contributed by atoms with van der Waals surface area (Å²) in [6, 6.07) is 12.2. The smallest absolute Gasteiger partial charge is 0.239 e. The molecule has 18 heavy (non-hydrogen) atoms. The number of rotatable bonds is 5. The molecule has 0 saturated heterocycles. The Morgan fingerprint density at radius 3 is 2.56 bits per heavy atom. The third kappa shape index (κ3) is 3.89. The lowest BCUT2D eigenvalue weighted by molar-refractivity contribution is -0.126. The van der Waals surface area contributed by atoms with E-state index in [4.69, 9.17) is 5.26 Å². The molecule has 0 aliphatic heterocycles. The van der Waals surface area contributed by atoms with Gasteiger partial charge in [-0.25, -0.2) is 0 Å². The molecule has 3 heteroatoms. The highest BCUT2D eigenvalue weighted by Crippen LogP contribution is 2.18. The minimum atomic E-state index is -0.948. The highest BCUT2D eigenvalue weighted by atomic mass is 16.2. The van der Waals surface area contributed by atoms with Crippen LogP contribution < -0.4 is 5.32 Å². The van der Waals surface area contributed by atoms with E-state index in [1.165, 1.54) is 5.56 Å². The zero-order valence-electron chi connectivity index (χ0n) is 11.2. The second kappa shape index (κ2) is 6.20. The van der Waals surface area contributed by atoms with Crippen LogP contribution in [-0.2, 0) is 4.79 Å². The van der Waals surface area contributed by atoms with E-state index in [1.54, 1.807) is 13.8 Å². The maximum Gasteiger partial charge on any atom is 0.239 e. The van der Waals surface area contributed by atoms with Crippen molar-refractivity contribution in [3.63, 3.8) is 0 Å². The Morgan fingerprint density at radius 2 is 2.00 bits per heavy atom. The highest BCUT2D eigenvalue weighted by Gasteiger charge is 2.26. The van der Waals surface area contributed by atoms with E-state index in [0.717, 1.165) is 6.42 Å². The Hall–Kier alpha value is -1.82. The van der Waals surface area contributed by atoms with Gasteiger partial charge in [-0.1, -0.05) is 37.3 Å². The second-order valence-electron chi connectivity index (χ2n) is 5.09. The number of hydrogen-bond donors (Lipinski definition) is 1. The first-order valence-electron chi connectivity index (χ1n) is 6.22. The molecule has 1 aromatic carbocycles. The molecule has 0 radical (unpaired) electrons. The van der Waals surface area contributed by atoms with E-state index in [1.807, 2.05) is 24.3 Å². The van der Waals surface area contributed by atoms with Crippen LogP contribution in [0.4, 0.5) is 0 Å². The van der Waals surface area contributed by atoms with Crippen LogP contribution in [0.1, 0.15) is 38.7 Å². The Bertz CT molecular complexity index is 432. The molecule has 0 aliphatic rings. The van der Waals surface area contributed by atoms with Gasteiger partial charge in [-0.15, -0.1) is 0 Å². The summed E-state index contributed by atoms with van der Waals surface area (Å²) in [6.45, 7) is 5.99. The summed E-state index contributed by atoms with van der Waals surface area (Å²) >= 11 is 0. The summed E-state index contributed by atoms with van der Waals surface area (Å²) in [5, 5.41) is 11.7. The van der Waals surface area contributed by atoms with Crippen molar-refractivity contribution in [3.05, 3.63) is 35.9 Å². The normalized spacial score (nSPS) is 12.6. The predicted molar refractivity (Wildman–Crippen MR) is 71.9 cm³/mol. The Balaban J connectivity index is 2.40. The number of carbonyl (C=O) groups excluding carboxylic acids is 1. The lowest BCUT2D eigenvalue weighted by atomic mass is 9.94. The summed E-state index contributed by atoms with van der Waals surface area (Å²) < 4.78 is 0. The van der Waals surface area contributed by atoms with Crippen molar-refractivity contribution in [2.24, 2.45) is 5.41 Å². The topological polar surface area (TPSA) is 52.9 Å². The fourth-order valence-corrected chi connectivity index (χ4v) is 1.62. The predicted octanol–water partition coefficient (Wildman–Crippen LogP) is 2.85. The fourth-order valence-electron chi connectivity index (χ4n) is 1.62. The first kappa shape index (κ1) is 14.2. The zero-order chi connectivity index (χ0) is 13.6. The molecule has 0 saturated carbocycles. The van der Waals surface area contributed by atoms with Gasteiger partial charge in [-0.3, -0.25) is 4.79 Å². The molecule has 0 aromatic heterocycles. The number of nitrogens with one attached hydrogen (secondary N) is 1. The quantitative estimate of drug-likeness (QED) is 0.866. The van der Waals surface area contributed by atoms with Crippen LogP contribution in [0.3, 0.4) is 0 Å². The van der Waals surface area contributed by atoms with Crippen LogP contribution >= 0.6 is 0 Å². The highest BCUT2D eigenvalue weighted by molar-refractivity contribution is 5.84. The van der Waals surface area contributed by atoms with Crippen molar-refractivity contribution in [1.29, 1.82) is 5.26 Å². The van der Waals surface area contributed by atoms with Crippen LogP contribution in [-0.4, -0.2) is 12.5 Å². The van der Waals surface area contributed by atoms with Crippen LogP contribution in [0.5, 0.6) is 0 Å². The number of carbonyl (C=O) groups is 1.